The Morgan fingerprint density at radius 3 is 2.43 bits per heavy atom. The first kappa shape index (κ1) is 35.8. The van der Waals surface area contributed by atoms with Gasteiger partial charge in [-0.2, -0.15) is 4.31 Å². The summed E-state index contributed by atoms with van der Waals surface area (Å²) in [5.41, 5.74) is 4.86. The molecule has 2 aliphatic heterocycles. The molecule has 6 rings (SSSR count). The number of piperidine rings is 1. The molecule has 1 saturated carbocycles. The molecule has 1 unspecified atom stereocenters. The first-order chi connectivity index (χ1) is 23.7. The van der Waals surface area contributed by atoms with Gasteiger partial charge in [0.25, 0.3) is 0 Å². The number of aryl methyl sites for hydroxylation is 1. The summed E-state index contributed by atoms with van der Waals surface area (Å²) in [4.78, 5) is 2.50. The number of benzene rings is 3. The molecular weight excluding hydrogens is 644 g/mol. The summed E-state index contributed by atoms with van der Waals surface area (Å²) in [6.07, 6.45) is 0.748. The number of nitrogens with zero attached hydrogens (tertiary/aromatic N) is 2. The smallest absolute Gasteiger partial charge is 0.243 e. The van der Waals surface area contributed by atoms with Crippen molar-refractivity contribution in [2.24, 2.45) is 5.92 Å². The van der Waals surface area contributed by atoms with Gasteiger partial charge in [0.1, 0.15) is 12.4 Å². The normalized spacial score (nSPS) is 24.7. The van der Waals surface area contributed by atoms with Crippen molar-refractivity contribution < 1.29 is 37.2 Å². The van der Waals surface area contributed by atoms with Crippen molar-refractivity contribution in [2.75, 3.05) is 58.5 Å². The van der Waals surface area contributed by atoms with E-state index in [1.807, 2.05) is 43.3 Å². The van der Waals surface area contributed by atoms with Gasteiger partial charge in [0.15, 0.2) is 0 Å². The quantitative estimate of drug-likeness (QED) is 0.222. The Morgan fingerprint density at radius 2 is 1.71 bits per heavy atom. The fourth-order valence-corrected chi connectivity index (χ4v) is 8.46. The first-order valence-electron chi connectivity index (χ1n) is 17.3. The largest absolute Gasteiger partial charge is 0.490 e. The van der Waals surface area contributed by atoms with Crippen LogP contribution in [0.4, 0.5) is 5.69 Å². The number of rotatable bonds is 15. The average Bonchev–Trinajstić information content (AvgIpc) is 3.91. The molecule has 1 aliphatic carbocycles. The molecule has 2 heterocycles. The van der Waals surface area contributed by atoms with Crippen LogP contribution in [0.25, 0.3) is 0 Å². The zero-order valence-corrected chi connectivity index (χ0v) is 29.8. The maximum Gasteiger partial charge on any atom is 0.243 e. The molecule has 0 spiro atoms. The van der Waals surface area contributed by atoms with Gasteiger partial charge in [-0.15, -0.1) is 0 Å². The summed E-state index contributed by atoms with van der Waals surface area (Å²) in [6, 6.07) is 20.9. The first-order valence-corrected chi connectivity index (χ1v) is 18.7. The van der Waals surface area contributed by atoms with Crippen LogP contribution in [-0.2, 0) is 42.2 Å². The number of hydrogen-bond donors (Lipinski definition) is 1. The van der Waals surface area contributed by atoms with Gasteiger partial charge in [-0.05, 0) is 67.6 Å². The molecule has 1 N–H and O–H groups in total. The number of methoxy groups -OCH3 is 2. The van der Waals surface area contributed by atoms with E-state index in [9.17, 15) is 13.5 Å². The van der Waals surface area contributed by atoms with Crippen LogP contribution < -0.4 is 9.64 Å². The van der Waals surface area contributed by atoms with E-state index in [0.717, 1.165) is 59.6 Å². The van der Waals surface area contributed by atoms with Crippen LogP contribution in [-0.4, -0.2) is 95.9 Å². The van der Waals surface area contributed by atoms with E-state index < -0.39 is 28.1 Å². The van der Waals surface area contributed by atoms with E-state index in [1.54, 1.807) is 38.5 Å². The van der Waals surface area contributed by atoms with Gasteiger partial charge in [-0.1, -0.05) is 48.0 Å². The van der Waals surface area contributed by atoms with E-state index in [2.05, 4.69) is 17.9 Å². The molecule has 49 heavy (non-hydrogen) atoms. The van der Waals surface area contributed by atoms with Gasteiger partial charge in [0.05, 0.1) is 54.8 Å². The van der Waals surface area contributed by atoms with Gasteiger partial charge in [0, 0.05) is 52.3 Å². The maximum atomic E-state index is 13.8. The molecule has 0 amide bonds. The van der Waals surface area contributed by atoms with Gasteiger partial charge in [-0.25, -0.2) is 8.42 Å². The number of ether oxygens (including phenoxy) is 5. The van der Waals surface area contributed by atoms with Gasteiger partial charge in [0.2, 0.25) is 10.0 Å². The molecule has 10 nitrogen and oxygen atoms in total. The van der Waals surface area contributed by atoms with Crippen LogP contribution in [0.2, 0.25) is 0 Å². The van der Waals surface area contributed by atoms with E-state index in [0.29, 0.717) is 25.7 Å². The summed E-state index contributed by atoms with van der Waals surface area (Å²) in [6.45, 7) is 7.77. The lowest BCUT2D eigenvalue weighted by atomic mass is 9.85. The van der Waals surface area contributed by atoms with Crippen LogP contribution in [0.5, 0.6) is 5.75 Å². The third-order valence-corrected chi connectivity index (χ3v) is 11.9. The lowest BCUT2D eigenvalue weighted by Crippen LogP contribution is -2.53. The Labute approximate surface area is 290 Å². The fourth-order valence-electron chi connectivity index (χ4n) is 6.99. The van der Waals surface area contributed by atoms with Crippen LogP contribution in [0, 0.1) is 12.8 Å². The van der Waals surface area contributed by atoms with Crippen molar-refractivity contribution in [3.63, 3.8) is 0 Å². The van der Waals surface area contributed by atoms with Crippen LogP contribution in [0.1, 0.15) is 47.9 Å². The molecule has 3 aromatic carbocycles. The molecule has 2 fully saturated rings. The van der Waals surface area contributed by atoms with Crippen molar-refractivity contribution >= 4 is 15.7 Å². The van der Waals surface area contributed by atoms with Crippen molar-refractivity contribution in [2.45, 2.75) is 75.1 Å². The molecule has 3 aliphatic rings. The summed E-state index contributed by atoms with van der Waals surface area (Å²) in [5, 5.41) is 11.6. The highest BCUT2D eigenvalue weighted by Gasteiger charge is 2.43. The van der Waals surface area contributed by atoms with Crippen LogP contribution >= 0.6 is 0 Å². The molecule has 0 radical (unpaired) electrons. The van der Waals surface area contributed by atoms with Crippen LogP contribution in [0.3, 0.4) is 0 Å². The molecule has 11 heteroatoms. The van der Waals surface area contributed by atoms with Crippen molar-refractivity contribution in [1.29, 1.82) is 0 Å². The van der Waals surface area contributed by atoms with E-state index >= 15 is 0 Å². The SMILES string of the molecule is COCCCN1CCOc2ccc(CO[C@H]3CN(S(=O)(=O)c4ccc(C)cc4)C[C@@H](O)[C@@H]3c3ccc(COC(C)[C@@H]4C[C@@H]4OC)cc3)cc21. The minimum Gasteiger partial charge on any atom is -0.490 e. The molecule has 3 aromatic rings. The number of sulfonamides is 1. The predicted octanol–water partition coefficient (Wildman–Crippen LogP) is 4.90. The maximum absolute atomic E-state index is 13.8. The Bertz CT molecular complexity index is 1630. The number of β-amino-alcohol motifs (C(OH)–C–C–N with tert-alkyl or cyclic N) is 1. The molecule has 0 bridgehead atoms. The van der Waals surface area contributed by atoms with Gasteiger partial charge >= 0.3 is 0 Å². The van der Waals surface area contributed by atoms with E-state index in [4.69, 9.17) is 23.7 Å². The zero-order valence-electron chi connectivity index (χ0n) is 29.0. The predicted molar refractivity (Wildman–Crippen MR) is 188 cm³/mol. The van der Waals surface area contributed by atoms with E-state index in [1.165, 1.54) is 4.31 Å². The lowest BCUT2D eigenvalue weighted by molar-refractivity contribution is -0.0534. The topological polar surface area (TPSA) is 107 Å². The summed E-state index contributed by atoms with van der Waals surface area (Å²) in [7, 11) is -0.408. The standard InChI is InChI=1S/C38H50N2O8S/c1-26-6-13-31(14-7-26)49(42,43)40-22-34(41)38(30-11-8-28(9-12-30)24-47-27(2)32-21-36(32)45-4)37(23-40)48-25-29-10-15-35-33(20-29)39(17-19-46-35)16-5-18-44-3/h6-15,20,27,32,34,36-38,41H,5,16-19,21-25H2,1-4H3/t27?,32-,34+,36-,37-,38-/m0/s1. The highest BCUT2D eigenvalue weighted by Crippen LogP contribution is 2.39. The highest BCUT2D eigenvalue weighted by atomic mass is 32.2. The Morgan fingerprint density at radius 1 is 0.959 bits per heavy atom. The average molecular weight is 695 g/mol. The van der Waals surface area contributed by atoms with Crippen LogP contribution in [0.15, 0.2) is 71.6 Å². The van der Waals surface area contributed by atoms with E-state index in [-0.39, 0.29) is 36.8 Å². The second-order valence-corrected chi connectivity index (χ2v) is 15.4. The Balaban J connectivity index is 1.20. The molecule has 6 atom stereocenters. The molecule has 266 valence electrons. The lowest BCUT2D eigenvalue weighted by Gasteiger charge is -2.41. The number of fused-ring (bicyclic) bond motifs is 1. The van der Waals surface area contributed by atoms with Crippen molar-refractivity contribution in [3.05, 3.63) is 89.0 Å². The minimum absolute atomic E-state index is 0.0300. The molecule has 0 aromatic heterocycles. The molecular formula is C38H50N2O8S. The third kappa shape index (κ3) is 8.48. The molecule has 1 saturated heterocycles. The van der Waals surface area contributed by atoms with Gasteiger partial charge in [-0.3, -0.25) is 0 Å². The van der Waals surface area contributed by atoms with Gasteiger partial charge < -0.3 is 33.7 Å². The zero-order chi connectivity index (χ0) is 34.5. The Kier molecular flexibility index (Phi) is 11.6. The summed E-state index contributed by atoms with van der Waals surface area (Å²) >= 11 is 0. The fraction of sp³-hybridized carbons (Fsp3) is 0.526. The van der Waals surface area contributed by atoms with Crippen molar-refractivity contribution in [1.82, 2.24) is 4.31 Å². The number of aliphatic hydroxyl groups is 1. The third-order valence-electron chi connectivity index (χ3n) is 10.0. The Hall–Kier alpha value is -3.03. The monoisotopic (exact) mass is 694 g/mol. The van der Waals surface area contributed by atoms with Crippen molar-refractivity contribution in [3.8, 4) is 5.75 Å². The second-order valence-electron chi connectivity index (χ2n) is 13.5. The number of aliphatic hydroxyl groups excluding tert-OH is 1. The summed E-state index contributed by atoms with van der Waals surface area (Å²) < 4.78 is 58.3. The second kappa shape index (κ2) is 15.9. The minimum atomic E-state index is -3.86. The summed E-state index contributed by atoms with van der Waals surface area (Å²) in [5.74, 6) is 0.835. The highest BCUT2D eigenvalue weighted by molar-refractivity contribution is 7.89. The number of hydrogen-bond acceptors (Lipinski definition) is 9. The number of anilines is 1.